The summed E-state index contributed by atoms with van der Waals surface area (Å²) >= 11 is 0. The molecule has 0 saturated carbocycles. The third-order valence-electron chi connectivity index (χ3n) is 7.41. The molecule has 0 aliphatic carbocycles. The van der Waals surface area contributed by atoms with Gasteiger partial charge in [-0.15, -0.1) is 0 Å². The van der Waals surface area contributed by atoms with Crippen molar-refractivity contribution in [1.82, 2.24) is 0 Å². The highest BCUT2D eigenvalue weighted by Gasteiger charge is 2.51. The van der Waals surface area contributed by atoms with Gasteiger partial charge in [-0.1, -0.05) is 6.07 Å². The van der Waals surface area contributed by atoms with Crippen LogP contribution in [0.25, 0.3) is 0 Å². The lowest BCUT2D eigenvalue weighted by Crippen LogP contribution is -2.64. The Bertz CT molecular complexity index is 1250. The molecule has 0 amide bonds. The summed E-state index contributed by atoms with van der Waals surface area (Å²) in [5, 5.41) is 92.3. The first-order chi connectivity index (χ1) is 20.4. The molecular formula is C28H36O15. The molecule has 2 heterocycles. The third kappa shape index (κ3) is 6.95. The number of rotatable bonds is 10. The number of hydrogen-bond acceptors (Lipinski definition) is 15. The second-order valence-corrected chi connectivity index (χ2v) is 10.4. The van der Waals surface area contributed by atoms with Crippen LogP contribution in [0.4, 0.5) is 0 Å². The Morgan fingerprint density at radius 1 is 0.837 bits per heavy atom. The van der Waals surface area contributed by atoms with Gasteiger partial charge >= 0.3 is 0 Å². The molecule has 43 heavy (non-hydrogen) atoms. The Balaban J connectivity index is 1.51. The van der Waals surface area contributed by atoms with Crippen LogP contribution in [0.5, 0.6) is 28.7 Å². The van der Waals surface area contributed by atoms with Crippen LogP contribution in [0, 0.1) is 0 Å². The fourth-order valence-electron chi connectivity index (χ4n) is 4.93. The van der Waals surface area contributed by atoms with E-state index in [0.29, 0.717) is 5.56 Å². The number of Topliss-reactive ketones (excluding diaryl/α,β-unsaturated/α-hetero) is 1. The minimum atomic E-state index is -1.79. The zero-order chi connectivity index (χ0) is 31.6. The predicted octanol–water partition coefficient (Wildman–Crippen LogP) is -1.34. The number of ether oxygens (including phenoxy) is 5. The van der Waals surface area contributed by atoms with Gasteiger partial charge in [0.25, 0.3) is 0 Å². The van der Waals surface area contributed by atoms with Crippen LogP contribution in [-0.4, -0.2) is 127 Å². The van der Waals surface area contributed by atoms with Gasteiger partial charge in [0, 0.05) is 18.6 Å². The van der Waals surface area contributed by atoms with Crippen molar-refractivity contribution in [2.45, 2.75) is 81.2 Å². The molecule has 0 spiro atoms. The van der Waals surface area contributed by atoms with E-state index in [4.69, 9.17) is 23.7 Å². The normalized spacial score (nSPS) is 32.7. The highest BCUT2D eigenvalue weighted by atomic mass is 16.8. The first-order valence-corrected chi connectivity index (χ1v) is 13.5. The molecular weight excluding hydrogens is 576 g/mol. The number of aliphatic hydroxyl groups is 6. The van der Waals surface area contributed by atoms with E-state index in [9.17, 15) is 50.8 Å². The number of methoxy groups -OCH3 is 1. The second-order valence-electron chi connectivity index (χ2n) is 10.4. The van der Waals surface area contributed by atoms with Gasteiger partial charge in [-0.05, 0) is 31.0 Å². The lowest BCUT2D eigenvalue weighted by molar-refractivity contribution is -0.354. The van der Waals surface area contributed by atoms with Crippen molar-refractivity contribution in [2.24, 2.45) is 0 Å². The standard InChI is InChI=1S/C28H36O15/c1-11-21(34)23(36)25(38)27(40-11)43-26-24(37)22(35)19(10-29)42-28(26)41-13-8-16(32)20(17(33)9-13)14(30)5-3-12-4-6-18(39-2)15(31)7-12/h4,6-9,11,19,21-29,31-38H,3,5,10H2,1-2H3/t11-,19+,21+,22-,23+,24-,25+,26-,27+,28-/m1/s1. The molecule has 238 valence electrons. The summed E-state index contributed by atoms with van der Waals surface area (Å²) in [6, 6.07) is 6.59. The number of phenols is 3. The zero-order valence-corrected chi connectivity index (χ0v) is 23.3. The number of aryl methyl sites for hydroxylation is 1. The lowest BCUT2D eigenvalue weighted by atomic mass is 9.97. The molecule has 0 radical (unpaired) electrons. The van der Waals surface area contributed by atoms with Gasteiger partial charge in [-0.25, -0.2) is 0 Å². The molecule has 2 aliphatic heterocycles. The summed E-state index contributed by atoms with van der Waals surface area (Å²) in [6.45, 7) is 0.662. The average molecular weight is 613 g/mol. The summed E-state index contributed by atoms with van der Waals surface area (Å²) in [7, 11) is 1.40. The average Bonchev–Trinajstić information content (AvgIpc) is 2.96. The first kappa shape index (κ1) is 32.7. The fourth-order valence-corrected chi connectivity index (χ4v) is 4.93. The quantitative estimate of drug-likeness (QED) is 0.141. The Morgan fingerprint density at radius 2 is 1.51 bits per heavy atom. The molecule has 10 atom stereocenters. The molecule has 2 aromatic carbocycles. The van der Waals surface area contributed by atoms with Crippen molar-refractivity contribution in [3.05, 3.63) is 41.5 Å². The molecule has 2 aliphatic rings. The number of aromatic hydroxyl groups is 3. The third-order valence-corrected chi connectivity index (χ3v) is 7.41. The van der Waals surface area contributed by atoms with Crippen LogP contribution < -0.4 is 9.47 Å². The molecule has 2 saturated heterocycles. The van der Waals surface area contributed by atoms with Crippen molar-refractivity contribution in [2.75, 3.05) is 13.7 Å². The van der Waals surface area contributed by atoms with Crippen molar-refractivity contribution >= 4 is 5.78 Å². The van der Waals surface area contributed by atoms with Crippen molar-refractivity contribution in [3.63, 3.8) is 0 Å². The second kappa shape index (κ2) is 13.6. The summed E-state index contributed by atoms with van der Waals surface area (Å²) in [5.74, 6) is -2.04. The summed E-state index contributed by atoms with van der Waals surface area (Å²) in [6.07, 6.45) is -15.5. The lowest BCUT2D eigenvalue weighted by Gasteiger charge is -2.45. The van der Waals surface area contributed by atoms with Gasteiger partial charge in [0.2, 0.25) is 6.29 Å². The number of benzene rings is 2. The highest BCUT2D eigenvalue weighted by Crippen LogP contribution is 2.37. The fraction of sp³-hybridized carbons (Fsp3) is 0.536. The van der Waals surface area contributed by atoms with Gasteiger partial charge < -0.3 is 69.6 Å². The Hall–Kier alpha value is -3.25. The molecule has 0 aromatic heterocycles. The summed E-state index contributed by atoms with van der Waals surface area (Å²) < 4.78 is 27.2. The molecule has 2 fully saturated rings. The van der Waals surface area contributed by atoms with E-state index in [-0.39, 0.29) is 30.1 Å². The van der Waals surface area contributed by atoms with Crippen LogP contribution in [-0.2, 0) is 20.6 Å². The van der Waals surface area contributed by atoms with Gasteiger partial charge in [-0.3, -0.25) is 4.79 Å². The molecule has 4 rings (SSSR count). The molecule has 0 unspecified atom stereocenters. The van der Waals surface area contributed by atoms with Gasteiger partial charge in [0.1, 0.15) is 59.4 Å². The summed E-state index contributed by atoms with van der Waals surface area (Å²) in [4.78, 5) is 12.9. The number of carbonyl (C=O) groups excluding carboxylic acids is 1. The van der Waals surface area contributed by atoms with E-state index in [1.807, 2.05) is 0 Å². The maximum atomic E-state index is 12.9. The van der Waals surface area contributed by atoms with E-state index >= 15 is 0 Å². The van der Waals surface area contributed by atoms with Crippen molar-refractivity contribution in [3.8, 4) is 28.7 Å². The van der Waals surface area contributed by atoms with Crippen LogP contribution in [0.2, 0.25) is 0 Å². The Labute approximate surface area is 245 Å². The van der Waals surface area contributed by atoms with Gasteiger partial charge in [0.05, 0.1) is 19.8 Å². The highest BCUT2D eigenvalue weighted by molar-refractivity contribution is 6.01. The zero-order valence-electron chi connectivity index (χ0n) is 23.3. The van der Waals surface area contributed by atoms with Crippen LogP contribution in [0.3, 0.4) is 0 Å². The van der Waals surface area contributed by atoms with Gasteiger partial charge in [0.15, 0.2) is 29.7 Å². The number of carbonyl (C=O) groups is 1. The number of phenolic OH excluding ortho intramolecular Hbond substituents is 3. The van der Waals surface area contributed by atoms with Crippen molar-refractivity contribution < 1.29 is 74.4 Å². The van der Waals surface area contributed by atoms with Gasteiger partial charge in [-0.2, -0.15) is 0 Å². The maximum absolute atomic E-state index is 12.9. The van der Waals surface area contributed by atoms with E-state index in [2.05, 4.69) is 0 Å². The van der Waals surface area contributed by atoms with E-state index in [1.54, 1.807) is 6.07 Å². The molecule has 0 bridgehead atoms. The smallest absolute Gasteiger partial charge is 0.229 e. The van der Waals surface area contributed by atoms with E-state index in [0.717, 1.165) is 12.1 Å². The molecule has 15 nitrogen and oxygen atoms in total. The minimum Gasteiger partial charge on any atom is -0.507 e. The maximum Gasteiger partial charge on any atom is 0.229 e. The van der Waals surface area contributed by atoms with Crippen LogP contribution in [0.15, 0.2) is 30.3 Å². The first-order valence-electron chi connectivity index (χ1n) is 13.5. The Kier molecular flexibility index (Phi) is 10.3. The van der Waals surface area contributed by atoms with Crippen LogP contribution >= 0.6 is 0 Å². The number of hydrogen-bond donors (Lipinski definition) is 9. The number of ketones is 1. The molecule has 9 N–H and O–H groups in total. The van der Waals surface area contributed by atoms with E-state index < -0.39 is 90.9 Å². The van der Waals surface area contributed by atoms with Crippen molar-refractivity contribution in [1.29, 1.82) is 0 Å². The number of aliphatic hydroxyl groups excluding tert-OH is 6. The predicted molar refractivity (Wildman–Crippen MR) is 143 cm³/mol. The SMILES string of the molecule is COc1ccc(CCC(=O)c2c(O)cc(O[C@@H]3O[C@@H](CO)[C@@H](O)[C@@H](O)[C@H]3O[C@@H]3O[C@H](C)[C@H](O)[C@H](O)[C@@H]3O)cc2O)cc1O. The summed E-state index contributed by atoms with van der Waals surface area (Å²) in [5.41, 5.74) is 0.208. The molecule has 2 aromatic rings. The monoisotopic (exact) mass is 612 g/mol. The minimum absolute atomic E-state index is 0.110. The Morgan fingerprint density at radius 3 is 2.12 bits per heavy atom. The largest absolute Gasteiger partial charge is 0.507 e. The van der Waals surface area contributed by atoms with E-state index in [1.165, 1.54) is 26.2 Å². The topological polar surface area (TPSA) is 245 Å². The molecule has 15 heteroatoms. The van der Waals surface area contributed by atoms with Crippen LogP contribution in [0.1, 0.15) is 29.3 Å².